The molecule has 0 aliphatic rings. The second-order valence-electron chi connectivity index (χ2n) is 5.11. The summed E-state index contributed by atoms with van der Waals surface area (Å²) in [4.78, 5) is 11.9. The molecule has 0 fully saturated rings. The zero-order valence-electron chi connectivity index (χ0n) is 12.6. The fraction of sp³-hybridized carbons (Fsp3) is 0.167. The van der Waals surface area contributed by atoms with Gasteiger partial charge in [0.15, 0.2) is 0 Å². The number of fused-ring (bicyclic) bond motifs is 3. The summed E-state index contributed by atoms with van der Waals surface area (Å²) in [5, 5.41) is 13.7. The Morgan fingerprint density at radius 3 is 2.36 bits per heavy atom. The van der Waals surface area contributed by atoms with Crippen molar-refractivity contribution in [2.24, 2.45) is 0 Å². The van der Waals surface area contributed by atoms with Gasteiger partial charge >= 0.3 is 5.97 Å². The van der Waals surface area contributed by atoms with E-state index in [1.807, 2.05) is 31.2 Å². The van der Waals surface area contributed by atoms with Gasteiger partial charge in [-0.05, 0) is 35.4 Å². The van der Waals surface area contributed by atoms with Crippen molar-refractivity contribution in [2.75, 3.05) is 14.2 Å². The second-order valence-corrected chi connectivity index (χ2v) is 5.11. The molecule has 22 heavy (non-hydrogen) atoms. The molecule has 3 aromatic carbocycles. The van der Waals surface area contributed by atoms with E-state index in [1.165, 1.54) is 13.2 Å². The average Bonchev–Trinajstić information content (AvgIpc) is 2.55. The Labute approximate surface area is 127 Å². The number of phenolic OH excluding ortho intramolecular Hbond substituents is 1. The minimum Gasteiger partial charge on any atom is -0.507 e. The first-order valence-electron chi connectivity index (χ1n) is 6.88. The van der Waals surface area contributed by atoms with E-state index in [9.17, 15) is 9.90 Å². The van der Waals surface area contributed by atoms with E-state index in [1.54, 1.807) is 13.2 Å². The molecule has 0 saturated heterocycles. The lowest BCUT2D eigenvalue weighted by Gasteiger charge is -2.14. The van der Waals surface area contributed by atoms with Crippen molar-refractivity contribution >= 4 is 27.5 Å². The maximum absolute atomic E-state index is 11.9. The Bertz CT molecular complexity index is 897. The fourth-order valence-corrected chi connectivity index (χ4v) is 2.90. The number of ether oxygens (including phenoxy) is 2. The third-order valence-electron chi connectivity index (χ3n) is 3.97. The number of carbonyl (C=O) groups is 1. The van der Waals surface area contributed by atoms with Gasteiger partial charge in [0.2, 0.25) is 0 Å². The fourth-order valence-electron chi connectivity index (χ4n) is 2.90. The SMILES string of the molecule is COC(=O)c1cc(O)c2cc(OC)c3ccccc3c2c1C. The van der Waals surface area contributed by atoms with E-state index in [4.69, 9.17) is 9.47 Å². The van der Waals surface area contributed by atoms with Gasteiger partial charge in [-0.25, -0.2) is 4.79 Å². The third-order valence-corrected chi connectivity index (χ3v) is 3.97. The van der Waals surface area contributed by atoms with Gasteiger partial charge in [-0.2, -0.15) is 0 Å². The van der Waals surface area contributed by atoms with Crippen LogP contribution in [0.3, 0.4) is 0 Å². The first kappa shape index (κ1) is 14.2. The minimum absolute atomic E-state index is 0.0325. The second kappa shape index (κ2) is 5.22. The molecule has 3 aromatic rings. The molecule has 0 bridgehead atoms. The summed E-state index contributed by atoms with van der Waals surface area (Å²) in [5.41, 5.74) is 1.14. The molecule has 0 unspecified atom stereocenters. The van der Waals surface area contributed by atoms with Gasteiger partial charge in [-0.15, -0.1) is 0 Å². The molecule has 0 saturated carbocycles. The molecule has 4 nitrogen and oxygen atoms in total. The number of esters is 1. The maximum atomic E-state index is 11.9. The molecule has 0 atom stereocenters. The van der Waals surface area contributed by atoms with Crippen molar-refractivity contribution < 1.29 is 19.4 Å². The number of phenols is 1. The molecule has 3 rings (SSSR count). The highest BCUT2D eigenvalue weighted by Gasteiger charge is 2.18. The third kappa shape index (κ3) is 1.96. The summed E-state index contributed by atoms with van der Waals surface area (Å²) < 4.78 is 10.2. The van der Waals surface area contributed by atoms with Crippen LogP contribution in [0.2, 0.25) is 0 Å². The monoisotopic (exact) mass is 296 g/mol. The van der Waals surface area contributed by atoms with Crippen LogP contribution in [0.15, 0.2) is 36.4 Å². The summed E-state index contributed by atoms with van der Waals surface area (Å²) in [7, 11) is 2.93. The summed E-state index contributed by atoms with van der Waals surface area (Å²) >= 11 is 0. The van der Waals surface area contributed by atoms with Crippen molar-refractivity contribution in [3.8, 4) is 11.5 Å². The van der Waals surface area contributed by atoms with Crippen molar-refractivity contribution in [3.63, 3.8) is 0 Å². The van der Waals surface area contributed by atoms with E-state index in [2.05, 4.69) is 0 Å². The van der Waals surface area contributed by atoms with Crippen LogP contribution in [0.4, 0.5) is 0 Å². The molecular formula is C18H16O4. The number of hydrogen-bond acceptors (Lipinski definition) is 4. The van der Waals surface area contributed by atoms with Crippen molar-refractivity contribution in [3.05, 3.63) is 47.5 Å². The summed E-state index contributed by atoms with van der Waals surface area (Å²) in [5.74, 6) is 0.253. The lowest BCUT2D eigenvalue weighted by Crippen LogP contribution is -2.04. The van der Waals surface area contributed by atoms with E-state index in [-0.39, 0.29) is 5.75 Å². The molecule has 0 amide bonds. The molecular weight excluding hydrogens is 280 g/mol. The van der Waals surface area contributed by atoms with Crippen LogP contribution in [0.1, 0.15) is 15.9 Å². The van der Waals surface area contributed by atoms with Crippen LogP contribution in [-0.4, -0.2) is 25.3 Å². The number of methoxy groups -OCH3 is 2. The summed E-state index contributed by atoms with van der Waals surface area (Å²) in [6, 6.07) is 11.0. The Morgan fingerprint density at radius 2 is 1.73 bits per heavy atom. The van der Waals surface area contributed by atoms with Crippen LogP contribution >= 0.6 is 0 Å². The highest BCUT2D eigenvalue weighted by atomic mass is 16.5. The largest absolute Gasteiger partial charge is 0.507 e. The normalized spacial score (nSPS) is 10.9. The van der Waals surface area contributed by atoms with Gasteiger partial charge in [0.1, 0.15) is 11.5 Å². The van der Waals surface area contributed by atoms with Crippen LogP contribution in [0.25, 0.3) is 21.5 Å². The smallest absolute Gasteiger partial charge is 0.338 e. The number of rotatable bonds is 2. The van der Waals surface area contributed by atoms with Gasteiger partial charge in [0.25, 0.3) is 0 Å². The van der Waals surface area contributed by atoms with Gasteiger partial charge in [-0.3, -0.25) is 0 Å². The Hall–Kier alpha value is -2.75. The topological polar surface area (TPSA) is 55.8 Å². The van der Waals surface area contributed by atoms with Crippen LogP contribution < -0.4 is 4.74 Å². The van der Waals surface area contributed by atoms with E-state index in [0.717, 1.165) is 21.7 Å². The zero-order valence-corrected chi connectivity index (χ0v) is 12.6. The molecule has 112 valence electrons. The molecule has 0 spiro atoms. The predicted molar refractivity (Wildman–Crippen MR) is 85.7 cm³/mol. The quantitative estimate of drug-likeness (QED) is 0.577. The molecule has 0 aliphatic heterocycles. The standard InChI is InChI=1S/C18H16O4/c1-10-13(18(20)22-3)8-15(19)14-9-16(21-2)11-6-4-5-7-12(11)17(10)14/h4-9,19H,1-3H3. The molecule has 0 heterocycles. The molecule has 0 aromatic heterocycles. The first-order chi connectivity index (χ1) is 10.6. The first-order valence-corrected chi connectivity index (χ1v) is 6.88. The zero-order chi connectivity index (χ0) is 15.9. The lowest BCUT2D eigenvalue weighted by molar-refractivity contribution is 0.0599. The van der Waals surface area contributed by atoms with Gasteiger partial charge in [0.05, 0.1) is 19.8 Å². The van der Waals surface area contributed by atoms with Crippen LogP contribution in [-0.2, 0) is 4.74 Å². The van der Waals surface area contributed by atoms with Gasteiger partial charge in [-0.1, -0.05) is 24.3 Å². The van der Waals surface area contributed by atoms with E-state index < -0.39 is 5.97 Å². The van der Waals surface area contributed by atoms with Crippen molar-refractivity contribution in [1.29, 1.82) is 0 Å². The molecule has 0 aliphatic carbocycles. The van der Waals surface area contributed by atoms with Crippen LogP contribution in [0.5, 0.6) is 11.5 Å². The predicted octanol–water partition coefficient (Wildman–Crippen LogP) is 3.80. The Balaban J connectivity index is 2.55. The molecule has 0 radical (unpaired) electrons. The van der Waals surface area contributed by atoms with Crippen LogP contribution in [0, 0.1) is 6.92 Å². The van der Waals surface area contributed by atoms with Gasteiger partial charge < -0.3 is 14.6 Å². The number of aromatic hydroxyl groups is 1. The van der Waals surface area contributed by atoms with Crippen molar-refractivity contribution in [1.82, 2.24) is 0 Å². The highest BCUT2D eigenvalue weighted by molar-refractivity contribution is 6.15. The lowest BCUT2D eigenvalue weighted by atomic mass is 9.93. The Kier molecular flexibility index (Phi) is 3.37. The average molecular weight is 296 g/mol. The van der Waals surface area contributed by atoms with Gasteiger partial charge in [0, 0.05) is 10.8 Å². The highest BCUT2D eigenvalue weighted by Crippen LogP contribution is 2.40. The maximum Gasteiger partial charge on any atom is 0.338 e. The summed E-state index contributed by atoms with van der Waals surface area (Å²) in [6.07, 6.45) is 0. The molecule has 1 N–H and O–H groups in total. The Morgan fingerprint density at radius 1 is 1.05 bits per heavy atom. The number of hydrogen-bond donors (Lipinski definition) is 1. The van der Waals surface area contributed by atoms with E-state index in [0.29, 0.717) is 16.7 Å². The molecule has 4 heteroatoms. The van der Waals surface area contributed by atoms with Crippen molar-refractivity contribution in [2.45, 2.75) is 6.92 Å². The van der Waals surface area contributed by atoms with E-state index >= 15 is 0 Å². The minimum atomic E-state index is -0.463. The summed E-state index contributed by atoms with van der Waals surface area (Å²) in [6.45, 7) is 1.85. The number of carbonyl (C=O) groups excluding carboxylic acids is 1. The number of benzene rings is 3. The number of aryl methyl sites for hydroxylation is 1.